The van der Waals surface area contributed by atoms with Crippen molar-refractivity contribution in [2.75, 3.05) is 11.4 Å². The Hall–Kier alpha value is -3.80. The summed E-state index contributed by atoms with van der Waals surface area (Å²) in [4.78, 5) is 34.0. The van der Waals surface area contributed by atoms with E-state index in [0.717, 1.165) is 23.2 Å². The second-order valence-corrected chi connectivity index (χ2v) is 7.31. The Morgan fingerprint density at radius 2 is 1.63 bits per heavy atom. The molecule has 0 bridgehead atoms. The minimum Gasteiger partial charge on any atom is -0.336 e. The normalized spacial score (nSPS) is 15.9. The summed E-state index contributed by atoms with van der Waals surface area (Å²) in [5, 5.41) is 0. The van der Waals surface area contributed by atoms with Crippen molar-refractivity contribution in [2.45, 2.75) is 13.0 Å². The first-order chi connectivity index (χ1) is 14.6. The summed E-state index contributed by atoms with van der Waals surface area (Å²) in [6.45, 7) is 0.769. The van der Waals surface area contributed by atoms with Crippen LogP contribution in [-0.4, -0.2) is 28.2 Å². The van der Waals surface area contributed by atoms with Crippen molar-refractivity contribution in [3.63, 3.8) is 0 Å². The van der Waals surface area contributed by atoms with Gasteiger partial charge in [-0.1, -0.05) is 30.3 Å². The molecule has 0 saturated heterocycles. The van der Waals surface area contributed by atoms with Crippen molar-refractivity contribution in [1.82, 2.24) is 9.88 Å². The molecule has 0 fully saturated rings. The van der Waals surface area contributed by atoms with Gasteiger partial charge < -0.3 is 4.90 Å². The largest absolute Gasteiger partial charge is 0.336 e. The van der Waals surface area contributed by atoms with Crippen LogP contribution in [0.1, 0.15) is 16.7 Å². The summed E-state index contributed by atoms with van der Waals surface area (Å²) < 4.78 is 13.5. The molecule has 0 radical (unpaired) electrons. The van der Waals surface area contributed by atoms with Crippen molar-refractivity contribution in [2.24, 2.45) is 0 Å². The van der Waals surface area contributed by atoms with E-state index in [0.29, 0.717) is 23.4 Å². The number of benzene rings is 2. The smallest absolute Gasteiger partial charge is 0.278 e. The summed E-state index contributed by atoms with van der Waals surface area (Å²) in [7, 11) is 0. The zero-order valence-corrected chi connectivity index (χ0v) is 16.1. The van der Waals surface area contributed by atoms with Crippen LogP contribution in [0.2, 0.25) is 0 Å². The molecular formula is C24H18FN3O2. The van der Waals surface area contributed by atoms with Crippen LogP contribution < -0.4 is 4.90 Å². The Morgan fingerprint density at radius 1 is 0.900 bits per heavy atom. The third-order valence-electron chi connectivity index (χ3n) is 5.52. The van der Waals surface area contributed by atoms with Gasteiger partial charge in [0.2, 0.25) is 0 Å². The van der Waals surface area contributed by atoms with Gasteiger partial charge in [-0.05, 0) is 53.4 Å². The minimum absolute atomic E-state index is 0.157. The lowest BCUT2D eigenvalue weighted by Crippen LogP contribution is -2.34. The summed E-state index contributed by atoms with van der Waals surface area (Å²) in [5.74, 6) is -1.10. The zero-order chi connectivity index (χ0) is 20.7. The number of nitrogens with zero attached hydrogens (tertiary/aromatic N) is 3. The Morgan fingerprint density at radius 3 is 2.40 bits per heavy atom. The third-order valence-corrected chi connectivity index (χ3v) is 5.52. The first-order valence-electron chi connectivity index (χ1n) is 9.74. The fourth-order valence-electron chi connectivity index (χ4n) is 4.08. The summed E-state index contributed by atoms with van der Waals surface area (Å²) in [5.41, 5.74) is 4.08. The Bertz CT molecular complexity index is 1170. The number of carbonyl (C=O) groups is 2. The van der Waals surface area contributed by atoms with Gasteiger partial charge in [-0.15, -0.1) is 0 Å². The molecule has 0 N–H and O–H groups in total. The highest BCUT2D eigenvalue weighted by Crippen LogP contribution is 2.38. The lowest BCUT2D eigenvalue weighted by atomic mass is 10.0. The van der Waals surface area contributed by atoms with Gasteiger partial charge in [0.25, 0.3) is 11.8 Å². The number of carbonyl (C=O) groups excluding carboxylic acids is 2. The van der Waals surface area contributed by atoms with E-state index in [1.165, 1.54) is 17.0 Å². The van der Waals surface area contributed by atoms with Crippen molar-refractivity contribution < 1.29 is 14.0 Å². The number of pyridine rings is 1. The molecule has 2 aliphatic heterocycles. The van der Waals surface area contributed by atoms with Crippen LogP contribution in [0.25, 0.3) is 5.57 Å². The van der Waals surface area contributed by atoms with Gasteiger partial charge in [0.05, 0.1) is 12.1 Å². The number of amides is 2. The minimum atomic E-state index is -0.391. The average molecular weight is 399 g/mol. The van der Waals surface area contributed by atoms with Gasteiger partial charge in [0, 0.05) is 24.6 Å². The molecule has 0 atom stereocenters. The van der Waals surface area contributed by atoms with E-state index in [4.69, 9.17) is 0 Å². The number of aromatic nitrogens is 1. The van der Waals surface area contributed by atoms with Gasteiger partial charge in [-0.25, -0.2) is 4.39 Å². The van der Waals surface area contributed by atoms with Crippen LogP contribution in [0.5, 0.6) is 0 Å². The van der Waals surface area contributed by atoms with Gasteiger partial charge in [0.1, 0.15) is 11.5 Å². The van der Waals surface area contributed by atoms with Gasteiger partial charge in [-0.2, -0.15) is 0 Å². The number of hydrogen-bond acceptors (Lipinski definition) is 4. The first-order valence-corrected chi connectivity index (χ1v) is 9.74. The van der Waals surface area contributed by atoms with E-state index in [-0.39, 0.29) is 18.4 Å². The molecule has 2 amide bonds. The van der Waals surface area contributed by atoms with E-state index in [1.807, 2.05) is 29.2 Å². The molecule has 1 aromatic heterocycles. The van der Waals surface area contributed by atoms with Crippen LogP contribution in [0, 0.1) is 5.82 Å². The van der Waals surface area contributed by atoms with E-state index in [1.54, 1.807) is 36.7 Å². The van der Waals surface area contributed by atoms with Crippen LogP contribution in [0.15, 0.2) is 78.8 Å². The van der Waals surface area contributed by atoms with Gasteiger partial charge in [0.15, 0.2) is 0 Å². The molecule has 5 nitrogen and oxygen atoms in total. The van der Waals surface area contributed by atoms with Crippen molar-refractivity contribution in [3.05, 3.63) is 101 Å². The Labute approximate surface area is 173 Å². The summed E-state index contributed by atoms with van der Waals surface area (Å²) >= 11 is 0. The highest BCUT2D eigenvalue weighted by molar-refractivity contribution is 6.36. The monoisotopic (exact) mass is 399 g/mol. The molecule has 0 unspecified atom stereocenters. The second-order valence-electron chi connectivity index (χ2n) is 7.31. The van der Waals surface area contributed by atoms with E-state index in [2.05, 4.69) is 4.98 Å². The fourth-order valence-corrected chi connectivity index (χ4v) is 4.08. The quantitative estimate of drug-likeness (QED) is 0.630. The molecule has 0 aliphatic carbocycles. The predicted molar refractivity (Wildman–Crippen MR) is 111 cm³/mol. The maximum atomic E-state index is 13.5. The Balaban J connectivity index is 1.62. The van der Waals surface area contributed by atoms with Crippen LogP contribution in [-0.2, 0) is 22.6 Å². The highest BCUT2D eigenvalue weighted by Gasteiger charge is 2.43. The molecule has 0 saturated carbocycles. The molecule has 5 rings (SSSR count). The number of fused-ring (bicyclic) bond motifs is 1. The predicted octanol–water partition coefficient (Wildman–Crippen LogP) is 3.56. The fraction of sp³-hybridized carbons (Fsp3) is 0.125. The number of para-hydroxylation sites is 1. The standard InChI is InChI=1S/C24H18FN3O2/c25-19-7-5-18(6-8-19)21-22(27-14-11-17-3-1-2-4-20(17)27)24(30)28(23(21)29)15-16-9-12-26-13-10-16/h1-10,12-13H,11,14-15H2. The first kappa shape index (κ1) is 18.2. The van der Waals surface area contributed by atoms with Gasteiger partial charge in [-0.3, -0.25) is 19.5 Å². The number of rotatable bonds is 4. The van der Waals surface area contributed by atoms with E-state index < -0.39 is 5.82 Å². The van der Waals surface area contributed by atoms with Gasteiger partial charge >= 0.3 is 0 Å². The van der Waals surface area contributed by atoms with Crippen LogP contribution >= 0.6 is 0 Å². The average Bonchev–Trinajstić information content (AvgIpc) is 3.29. The molecular weight excluding hydrogens is 381 g/mol. The highest BCUT2D eigenvalue weighted by atomic mass is 19.1. The molecule has 2 aliphatic rings. The number of hydrogen-bond donors (Lipinski definition) is 0. The summed E-state index contributed by atoms with van der Waals surface area (Å²) in [6.07, 6.45) is 4.06. The molecule has 6 heteroatoms. The zero-order valence-electron chi connectivity index (χ0n) is 16.1. The number of imide groups is 1. The van der Waals surface area contributed by atoms with Crippen LogP contribution in [0.3, 0.4) is 0 Å². The SMILES string of the molecule is O=C1C(c2ccc(F)cc2)=C(N2CCc3ccccc32)C(=O)N1Cc1ccncc1. The molecule has 2 aromatic carbocycles. The summed E-state index contributed by atoms with van der Waals surface area (Å²) in [6, 6.07) is 17.1. The lowest BCUT2D eigenvalue weighted by molar-refractivity contribution is -0.137. The van der Waals surface area contributed by atoms with Crippen LogP contribution in [0.4, 0.5) is 10.1 Å². The van der Waals surface area contributed by atoms with Crippen molar-refractivity contribution >= 4 is 23.1 Å². The Kier molecular flexibility index (Phi) is 4.39. The van der Waals surface area contributed by atoms with E-state index in [9.17, 15) is 14.0 Å². The maximum absolute atomic E-state index is 13.5. The maximum Gasteiger partial charge on any atom is 0.278 e. The molecule has 30 heavy (non-hydrogen) atoms. The molecule has 0 spiro atoms. The topological polar surface area (TPSA) is 53.5 Å². The van der Waals surface area contributed by atoms with Crippen molar-refractivity contribution in [3.8, 4) is 0 Å². The lowest BCUT2D eigenvalue weighted by Gasteiger charge is -2.21. The van der Waals surface area contributed by atoms with E-state index >= 15 is 0 Å². The number of anilines is 1. The molecule has 3 heterocycles. The van der Waals surface area contributed by atoms with Crippen molar-refractivity contribution in [1.29, 1.82) is 0 Å². The number of halogens is 1. The second kappa shape index (κ2) is 7.22. The molecule has 3 aromatic rings. The molecule has 148 valence electrons. The third kappa shape index (κ3) is 2.97.